The van der Waals surface area contributed by atoms with Crippen LogP contribution in [0.25, 0.3) is 10.9 Å². The Kier molecular flexibility index (Phi) is 5.64. The van der Waals surface area contributed by atoms with Crippen LogP contribution in [-0.2, 0) is 16.0 Å². The summed E-state index contributed by atoms with van der Waals surface area (Å²) >= 11 is 12.2. The maximum absolute atomic E-state index is 11.4. The molecular weight excluding hydrogens is 373 g/mol. The first-order valence-electron chi connectivity index (χ1n) is 8.00. The van der Waals surface area contributed by atoms with Crippen LogP contribution >= 0.6 is 23.2 Å². The number of benzene rings is 2. The van der Waals surface area contributed by atoms with Crippen LogP contribution < -0.4 is 4.74 Å². The maximum atomic E-state index is 11.4. The van der Waals surface area contributed by atoms with Crippen LogP contribution in [0, 0.1) is 6.92 Å². The van der Waals surface area contributed by atoms with Crippen molar-refractivity contribution in [2.24, 2.45) is 0 Å². The van der Waals surface area contributed by atoms with Crippen molar-refractivity contribution in [3.8, 4) is 5.75 Å². The number of fused-ring (bicyclic) bond motifs is 1. The number of carbonyl (C=O) groups is 1. The molecule has 0 radical (unpaired) electrons. The highest BCUT2D eigenvalue weighted by atomic mass is 35.5. The molecule has 0 saturated heterocycles. The molecule has 134 valence electrons. The number of hydrogen-bond donors (Lipinski definition) is 0. The third-order valence-corrected chi connectivity index (χ3v) is 4.63. The van der Waals surface area contributed by atoms with Crippen LogP contribution in [-0.4, -0.2) is 24.7 Å². The molecule has 3 aromatic rings. The van der Waals surface area contributed by atoms with Gasteiger partial charge in [-0.25, -0.2) is 4.79 Å². The molecule has 4 nitrogen and oxygen atoms in total. The predicted octanol–water partition coefficient (Wildman–Crippen LogP) is 4.99. The number of halogens is 2. The van der Waals surface area contributed by atoms with E-state index in [-0.39, 0.29) is 6.61 Å². The summed E-state index contributed by atoms with van der Waals surface area (Å²) < 4.78 is 10.2. The van der Waals surface area contributed by atoms with E-state index in [0.29, 0.717) is 27.7 Å². The van der Waals surface area contributed by atoms with Crippen LogP contribution in [0.4, 0.5) is 0 Å². The van der Waals surface area contributed by atoms with Crippen molar-refractivity contribution in [3.63, 3.8) is 0 Å². The van der Waals surface area contributed by atoms with Gasteiger partial charge in [-0.05, 0) is 54.8 Å². The first kappa shape index (κ1) is 18.5. The molecule has 0 spiro atoms. The summed E-state index contributed by atoms with van der Waals surface area (Å²) in [5, 5.41) is 2.00. The zero-order chi connectivity index (χ0) is 18.7. The summed E-state index contributed by atoms with van der Waals surface area (Å²) in [7, 11) is 1.32. The van der Waals surface area contributed by atoms with Crippen molar-refractivity contribution in [2.45, 2.75) is 13.3 Å². The number of nitrogens with zero attached hydrogens (tertiary/aromatic N) is 1. The van der Waals surface area contributed by atoms with Gasteiger partial charge in [0.05, 0.1) is 17.6 Å². The molecule has 0 aliphatic heterocycles. The monoisotopic (exact) mass is 389 g/mol. The lowest BCUT2D eigenvalue weighted by Gasteiger charge is -2.13. The number of rotatable bonds is 5. The maximum Gasteiger partial charge on any atom is 0.343 e. The number of hydrogen-bond acceptors (Lipinski definition) is 4. The molecule has 6 heteroatoms. The molecule has 0 unspecified atom stereocenters. The van der Waals surface area contributed by atoms with E-state index >= 15 is 0 Å². The van der Waals surface area contributed by atoms with Gasteiger partial charge >= 0.3 is 5.97 Å². The predicted molar refractivity (Wildman–Crippen MR) is 103 cm³/mol. The fourth-order valence-electron chi connectivity index (χ4n) is 2.66. The first-order valence-corrected chi connectivity index (χ1v) is 8.76. The molecule has 0 fully saturated rings. The van der Waals surface area contributed by atoms with Gasteiger partial charge in [0.1, 0.15) is 5.75 Å². The Hall–Kier alpha value is -2.30. The van der Waals surface area contributed by atoms with Gasteiger partial charge in [0.15, 0.2) is 6.61 Å². The van der Waals surface area contributed by atoms with Crippen LogP contribution in [0.5, 0.6) is 5.75 Å². The molecule has 0 bridgehead atoms. The summed E-state index contributed by atoms with van der Waals surface area (Å²) in [5.74, 6) is 0.0919. The van der Waals surface area contributed by atoms with E-state index in [4.69, 9.17) is 27.9 Å². The zero-order valence-electron chi connectivity index (χ0n) is 14.4. The highest BCUT2D eigenvalue weighted by Gasteiger charge is 2.13. The van der Waals surface area contributed by atoms with E-state index in [9.17, 15) is 4.79 Å². The Balaban J connectivity index is 2.00. The lowest BCUT2D eigenvalue weighted by Crippen LogP contribution is -2.12. The fraction of sp³-hybridized carbons (Fsp3) is 0.200. The van der Waals surface area contributed by atoms with Crippen molar-refractivity contribution in [2.75, 3.05) is 13.7 Å². The van der Waals surface area contributed by atoms with E-state index in [1.54, 1.807) is 12.1 Å². The van der Waals surface area contributed by atoms with Gasteiger partial charge in [0.25, 0.3) is 0 Å². The summed E-state index contributed by atoms with van der Waals surface area (Å²) in [6.45, 7) is 1.77. The number of aromatic nitrogens is 1. The third-order valence-electron chi connectivity index (χ3n) is 4.07. The quantitative estimate of drug-likeness (QED) is 0.576. The number of ether oxygens (including phenoxy) is 2. The number of pyridine rings is 1. The SMILES string of the molecule is COC(=O)COc1ccc(Cl)c2nc(C)c(Cc3ccc(Cl)cc3)cc12. The Morgan fingerprint density at radius 2 is 1.85 bits per heavy atom. The Labute approximate surface area is 161 Å². The first-order chi connectivity index (χ1) is 12.5. The molecule has 0 amide bonds. The fourth-order valence-corrected chi connectivity index (χ4v) is 2.99. The smallest absolute Gasteiger partial charge is 0.343 e. The molecule has 1 heterocycles. The molecule has 0 saturated carbocycles. The van der Waals surface area contributed by atoms with Crippen LogP contribution in [0.2, 0.25) is 10.0 Å². The van der Waals surface area contributed by atoms with Gasteiger partial charge in [-0.2, -0.15) is 0 Å². The lowest BCUT2D eigenvalue weighted by atomic mass is 10.0. The summed E-state index contributed by atoms with van der Waals surface area (Å²) in [6.07, 6.45) is 0.703. The van der Waals surface area contributed by atoms with Gasteiger partial charge in [-0.1, -0.05) is 35.3 Å². The minimum absolute atomic E-state index is 0.173. The molecule has 0 N–H and O–H groups in total. The van der Waals surface area contributed by atoms with E-state index in [0.717, 1.165) is 22.2 Å². The Bertz CT molecular complexity index is 955. The highest BCUT2D eigenvalue weighted by molar-refractivity contribution is 6.35. The molecule has 26 heavy (non-hydrogen) atoms. The van der Waals surface area contributed by atoms with E-state index in [1.807, 2.05) is 37.3 Å². The average molecular weight is 390 g/mol. The van der Waals surface area contributed by atoms with Crippen molar-refractivity contribution in [3.05, 3.63) is 69.3 Å². The van der Waals surface area contributed by atoms with Crippen molar-refractivity contribution in [1.82, 2.24) is 4.98 Å². The topological polar surface area (TPSA) is 48.4 Å². The second-order valence-corrected chi connectivity index (χ2v) is 6.69. The van der Waals surface area contributed by atoms with Crippen LogP contribution in [0.3, 0.4) is 0 Å². The number of methoxy groups -OCH3 is 1. The highest BCUT2D eigenvalue weighted by Crippen LogP contribution is 2.32. The van der Waals surface area contributed by atoms with E-state index in [2.05, 4.69) is 9.72 Å². The standard InChI is InChI=1S/C20H17Cl2NO3/c1-12-14(9-13-3-5-15(21)6-4-13)10-16-18(26-11-19(24)25-2)8-7-17(22)20(16)23-12/h3-8,10H,9,11H2,1-2H3. The largest absolute Gasteiger partial charge is 0.481 e. The van der Waals surface area contributed by atoms with Crippen molar-refractivity contribution in [1.29, 1.82) is 0 Å². The normalized spacial score (nSPS) is 10.8. The minimum Gasteiger partial charge on any atom is -0.481 e. The second kappa shape index (κ2) is 7.94. The molecule has 0 atom stereocenters. The second-order valence-electron chi connectivity index (χ2n) is 5.84. The molecule has 0 aliphatic rings. The molecular formula is C20H17Cl2NO3. The average Bonchev–Trinajstić information content (AvgIpc) is 2.64. The van der Waals surface area contributed by atoms with Crippen molar-refractivity contribution >= 4 is 40.1 Å². The zero-order valence-corrected chi connectivity index (χ0v) is 15.9. The number of aryl methyl sites for hydroxylation is 1. The molecule has 0 aliphatic carbocycles. The summed E-state index contributed by atoms with van der Waals surface area (Å²) in [5.41, 5.74) is 3.70. The van der Waals surface area contributed by atoms with Gasteiger partial charge in [0.2, 0.25) is 0 Å². The number of carbonyl (C=O) groups excluding carboxylic acids is 1. The van der Waals surface area contributed by atoms with Gasteiger partial charge in [0, 0.05) is 16.1 Å². The molecule has 1 aromatic heterocycles. The van der Waals surface area contributed by atoms with E-state index < -0.39 is 5.97 Å². The van der Waals surface area contributed by atoms with Gasteiger partial charge < -0.3 is 9.47 Å². The van der Waals surface area contributed by atoms with Gasteiger partial charge in [-0.3, -0.25) is 4.98 Å². The molecule has 3 rings (SSSR count). The van der Waals surface area contributed by atoms with E-state index in [1.165, 1.54) is 7.11 Å². The number of esters is 1. The third kappa shape index (κ3) is 4.09. The minimum atomic E-state index is -0.449. The molecule has 2 aromatic carbocycles. The Morgan fingerprint density at radius 3 is 2.54 bits per heavy atom. The Morgan fingerprint density at radius 1 is 1.12 bits per heavy atom. The summed E-state index contributed by atoms with van der Waals surface area (Å²) in [4.78, 5) is 16.0. The van der Waals surface area contributed by atoms with Crippen molar-refractivity contribution < 1.29 is 14.3 Å². The van der Waals surface area contributed by atoms with Crippen LogP contribution in [0.1, 0.15) is 16.8 Å². The van der Waals surface area contributed by atoms with Crippen LogP contribution in [0.15, 0.2) is 42.5 Å². The lowest BCUT2D eigenvalue weighted by molar-refractivity contribution is -0.142. The van der Waals surface area contributed by atoms with Gasteiger partial charge in [-0.15, -0.1) is 0 Å². The summed E-state index contributed by atoms with van der Waals surface area (Å²) in [6, 6.07) is 13.1.